The molecule has 0 aliphatic rings. The third-order valence-corrected chi connectivity index (χ3v) is 2.40. The van der Waals surface area contributed by atoms with Crippen molar-refractivity contribution in [2.45, 2.75) is 19.1 Å². The number of aliphatic hydroxyl groups excluding tert-OH is 2. The van der Waals surface area contributed by atoms with Crippen molar-refractivity contribution in [2.24, 2.45) is 0 Å². The molecule has 1 rings (SSSR count). The Hall–Kier alpha value is -1.61. The van der Waals surface area contributed by atoms with Crippen LogP contribution in [0.15, 0.2) is 24.3 Å². The molecule has 0 bridgehead atoms. The van der Waals surface area contributed by atoms with E-state index >= 15 is 0 Å². The minimum atomic E-state index is -0.644. The highest BCUT2D eigenvalue weighted by molar-refractivity contribution is 5.34. The van der Waals surface area contributed by atoms with Gasteiger partial charge in [0.2, 0.25) is 0 Å². The summed E-state index contributed by atoms with van der Waals surface area (Å²) >= 11 is 0. The lowest BCUT2D eigenvalue weighted by atomic mass is 10.2. The van der Waals surface area contributed by atoms with Crippen molar-refractivity contribution in [3.8, 4) is 11.8 Å². The van der Waals surface area contributed by atoms with E-state index < -0.39 is 6.10 Å². The maximum atomic E-state index is 9.63. The SMILES string of the molecule is CC(CO)NCC(O)COc1ccc(C#N)cc1. The fourth-order valence-electron chi connectivity index (χ4n) is 1.28. The molecule has 1 aromatic rings. The molecule has 0 fully saturated rings. The zero-order chi connectivity index (χ0) is 13.4. The number of benzene rings is 1. The van der Waals surface area contributed by atoms with Crippen LogP contribution in [0.4, 0.5) is 0 Å². The summed E-state index contributed by atoms with van der Waals surface area (Å²) in [7, 11) is 0. The number of nitrogens with zero attached hydrogens (tertiary/aromatic N) is 1. The van der Waals surface area contributed by atoms with Crippen molar-refractivity contribution in [3.05, 3.63) is 29.8 Å². The van der Waals surface area contributed by atoms with Gasteiger partial charge in [0.1, 0.15) is 18.5 Å². The zero-order valence-corrected chi connectivity index (χ0v) is 10.3. The number of hydrogen-bond donors (Lipinski definition) is 3. The second-order valence-electron chi connectivity index (χ2n) is 4.09. The van der Waals surface area contributed by atoms with E-state index in [1.165, 1.54) is 0 Å². The molecule has 0 heterocycles. The Morgan fingerprint density at radius 1 is 1.39 bits per heavy atom. The molecule has 0 radical (unpaired) electrons. The van der Waals surface area contributed by atoms with Crippen LogP contribution in [0.5, 0.6) is 5.75 Å². The standard InChI is InChI=1S/C13H18N2O3/c1-10(8-16)15-7-12(17)9-18-13-4-2-11(6-14)3-5-13/h2-5,10,12,15-17H,7-9H2,1H3. The van der Waals surface area contributed by atoms with Gasteiger partial charge in [0, 0.05) is 12.6 Å². The Labute approximate surface area is 107 Å². The topological polar surface area (TPSA) is 85.5 Å². The first-order valence-corrected chi connectivity index (χ1v) is 5.81. The summed E-state index contributed by atoms with van der Waals surface area (Å²) in [5.41, 5.74) is 0.571. The van der Waals surface area contributed by atoms with Crippen LogP contribution in [0.25, 0.3) is 0 Å². The monoisotopic (exact) mass is 250 g/mol. The van der Waals surface area contributed by atoms with Crippen molar-refractivity contribution in [3.63, 3.8) is 0 Å². The molecular weight excluding hydrogens is 232 g/mol. The van der Waals surface area contributed by atoms with Crippen LogP contribution in [0.1, 0.15) is 12.5 Å². The Kier molecular flexibility index (Phi) is 6.15. The zero-order valence-electron chi connectivity index (χ0n) is 10.3. The van der Waals surface area contributed by atoms with Gasteiger partial charge in [-0.3, -0.25) is 0 Å². The maximum Gasteiger partial charge on any atom is 0.119 e. The molecule has 0 saturated heterocycles. The molecule has 0 aliphatic carbocycles. The van der Waals surface area contributed by atoms with Gasteiger partial charge in [0.15, 0.2) is 0 Å². The normalized spacial score (nSPS) is 13.7. The van der Waals surface area contributed by atoms with E-state index in [-0.39, 0.29) is 19.3 Å². The van der Waals surface area contributed by atoms with Crippen LogP contribution in [-0.4, -0.2) is 42.1 Å². The molecule has 0 saturated carbocycles. The van der Waals surface area contributed by atoms with Gasteiger partial charge >= 0.3 is 0 Å². The van der Waals surface area contributed by atoms with Crippen LogP contribution in [0.2, 0.25) is 0 Å². The fraction of sp³-hybridized carbons (Fsp3) is 0.462. The highest BCUT2D eigenvalue weighted by Crippen LogP contribution is 2.11. The van der Waals surface area contributed by atoms with E-state index in [0.717, 1.165) is 0 Å². The first-order chi connectivity index (χ1) is 8.65. The predicted molar refractivity (Wildman–Crippen MR) is 67.2 cm³/mol. The van der Waals surface area contributed by atoms with E-state index in [0.29, 0.717) is 17.9 Å². The molecule has 2 atom stereocenters. The Morgan fingerprint density at radius 2 is 2.06 bits per heavy atom. The number of rotatable bonds is 7. The minimum Gasteiger partial charge on any atom is -0.491 e. The summed E-state index contributed by atoms with van der Waals surface area (Å²) in [5.74, 6) is 0.614. The second kappa shape index (κ2) is 7.67. The van der Waals surface area contributed by atoms with E-state index in [1.54, 1.807) is 24.3 Å². The molecule has 0 aromatic heterocycles. The van der Waals surface area contributed by atoms with Crippen molar-refractivity contribution < 1.29 is 14.9 Å². The summed E-state index contributed by atoms with van der Waals surface area (Å²) in [4.78, 5) is 0. The van der Waals surface area contributed by atoms with Crippen molar-refractivity contribution in [1.82, 2.24) is 5.32 Å². The summed E-state index contributed by atoms with van der Waals surface area (Å²) < 4.78 is 5.37. The van der Waals surface area contributed by atoms with Gasteiger partial charge in [-0.25, -0.2) is 0 Å². The lowest BCUT2D eigenvalue weighted by Gasteiger charge is -2.16. The molecule has 1 aromatic carbocycles. The molecule has 18 heavy (non-hydrogen) atoms. The average molecular weight is 250 g/mol. The maximum absolute atomic E-state index is 9.63. The predicted octanol–water partition coefficient (Wildman–Crippen LogP) is 0.268. The van der Waals surface area contributed by atoms with Crippen LogP contribution in [0, 0.1) is 11.3 Å². The molecule has 3 N–H and O–H groups in total. The number of nitriles is 1. The highest BCUT2D eigenvalue weighted by atomic mass is 16.5. The molecule has 5 nitrogen and oxygen atoms in total. The lowest BCUT2D eigenvalue weighted by Crippen LogP contribution is -2.38. The minimum absolute atomic E-state index is 0.0310. The van der Waals surface area contributed by atoms with Gasteiger partial charge in [0.25, 0.3) is 0 Å². The van der Waals surface area contributed by atoms with Gasteiger partial charge in [0.05, 0.1) is 18.2 Å². The van der Waals surface area contributed by atoms with E-state index in [1.807, 2.05) is 13.0 Å². The quantitative estimate of drug-likeness (QED) is 0.646. The molecular formula is C13H18N2O3. The molecule has 0 amide bonds. The Bertz CT molecular complexity index is 386. The summed E-state index contributed by atoms with van der Waals surface area (Å²) in [6.07, 6.45) is -0.644. The Balaban J connectivity index is 2.29. The smallest absolute Gasteiger partial charge is 0.119 e. The lowest BCUT2D eigenvalue weighted by molar-refractivity contribution is 0.101. The fourth-order valence-corrected chi connectivity index (χ4v) is 1.28. The van der Waals surface area contributed by atoms with Crippen LogP contribution >= 0.6 is 0 Å². The number of hydrogen-bond acceptors (Lipinski definition) is 5. The third-order valence-electron chi connectivity index (χ3n) is 2.40. The number of ether oxygens (including phenoxy) is 1. The summed E-state index contributed by atoms with van der Waals surface area (Å²) in [5, 5.41) is 30.0. The van der Waals surface area contributed by atoms with Gasteiger partial charge in [-0.05, 0) is 31.2 Å². The molecule has 0 aliphatic heterocycles. The first-order valence-electron chi connectivity index (χ1n) is 5.81. The largest absolute Gasteiger partial charge is 0.491 e. The van der Waals surface area contributed by atoms with E-state index in [9.17, 15) is 5.11 Å². The van der Waals surface area contributed by atoms with Crippen molar-refractivity contribution in [1.29, 1.82) is 5.26 Å². The van der Waals surface area contributed by atoms with Crippen LogP contribution in [-0.2, 0) is 0 Å². The van der Waals surface area contributed by atoms with Crippen LogP contribution in [0.3, 0.4) is 0 Å². The molecule has 0 spiro atoms. The average Bonchev–Trinajstić information content (AvgIpc) is 2.42. The summed E-state index contributed by atoms with van der Waals surface area (Å²) in [6, 6.07) is 8.67. The third kappa shape index (κ3) is 5.15. The second-order valence-corrected chi connectivity index (χ2v) is 4.09. The van der Waals surface area contributed by atoms with Gasteiger partial charge < -0.3 is 20.3 Å². The van der Waals surface area contributed by atoms with E-state index in [4.69, 9.17) is 15.1 Å². The molecule has 2 unspecified atom stereocenters. The molecule has 98 valence electrons. The molecule has 5 heteroatoms. The van der Waals surface area contributed by atoms with Crippen LogP contribution < -0.4 is 10.1 Å². The van der Waals surface area contributed by atoms with Gasteiger partial charge in [-0.1, -0.05) is 0 Å². The number of aliphatic hydroxyl groups is 2. The Morgan fingerprint density at radius 3 is 2.61 bits per heavy atom. The first kappa shape index (κ1) is 14.5. The highest BCUT2D eigenvalue weighted by Gasteiger charge is 2.07. The summed E-state index contributed by atoms with van der Waals surface area (Å²) in [6.45, 7) is 2.38. The van der Waals surface area contributed by atoms with Crippen molar-refractivity contribution in [2.75, 3.05) is 19.8 Å². The van der Waals surface area contributed by atoms with Gasteiger partial charge in [-0.2, -0.15) is 5.26 Å². The van der Waals surface area contributed by atoms with Crippen molar-refractivity contribution >= 4 is 0 Å². The van der Waals surface area contributed by atoms with E-state index in [2.05, 4.69) is 5.32 Å². The van der Waals surface area contributed by atoms with Gasteiger partial charge in [-0.15, -0.1) is 0 Å². The number of nitrogens with one attached hydrogen (secondary N) is 1.